The molecule has 0 fully saturated rings. The summed E-state index contributed by atoms with van der Waals surface area (Å²) in [6.45, 7) is 1.11. The number of hydrogen-bond acceptors (Lipinski definition) is 3. The lowest BCUT2D eigenvalue weighted by Gasteiger charge is -2.19. The van der Waals surface area contributed by atoms with Crippen LogP contribution in [0.15, 0.2) is 54.6 Å². The topological polar surface area (TPSA) is 87.5 Å². The van der Waals surface area contributed by atoms with Crippen molar-refractivity contribution in [3.8, 4) is 0 Å². The van der Waals surface area contributed by atoms with Crippen LogP contribution in [-0.2, 0) is 17.8 Å². The van der Waals surface area contributed by atoms with Crippen LogP contribution in [0.5, 0.6) is 0 Å². The van der Waals surface area contributed by atoms with E-state index in [1.165, 1.54) is 4.90 Å². The largest absolute Gasteiger partial charge is 0.480 e. The molecule has 2 aromatic carbocycles. The fourth-order valence-electron chi connectivity index (χ4n) is 3.26. The van der Waals surface area contributed by atoms with Crippen molar-refractivity contribution in [1.82, 2.24) is 14.9 Å². The van der Waals surface area contributed by atoms with Gasteiger partial charge in [-0.05, 0) is 17.7 Å². The predicted molar refractivity (Wildman–Crippen MR) is 97.2 cm³/mol. The van der Waals surface area contributed by atoms with Crippen LogP contribution in [0, 0.1) is 0 Å². The Balaban J connectivity index is 1.54. The molecule has 132 valence electrons. The number of carboxylic acid groups (broad SMARTS) is 1. The van der Waals surface area contributed by atoms with Crippen LogP contribution >= 0.6 is 0 Å². The number of carbonyl (C=O) groups excluding carboxylic acids is 1. The van der Waals surface area contributed by atoms with Crippen LogP contribution in [0.1, 0.15) is 5.56 Å². The van der Waals surface area contributed by atoms with E-state index in [1.54, 1.807) is 0 Å². The van der Waals surface area contributed by atoms with Gasteiger partial charge in [-0.15, -0.1) is 0 Å². The van der Waals surface area contributed by atoms with Crippen molar-refractivity contribution in [2.75, 3.05) is 11.4 Å². The minimum absolute atomic E-state index is 0.228. The highest BCUT2D eigenvalue weighted by atomic mass is 16.4. The Morgan fingerprint density at radius 3 is 2.58 bits per heavy atom. The third-order valence-corrected chi connectivity index (χ3v) is 4.55. The molecule has 0 unspecified atom stereocenters. The van der Waals surface area contributed by atoms with E-state index in [2.05, 4.69) is 10.3 Å². The van der Waals surface area contributed by atoms with Gasteiger partial charge in [0, 0.05) is 19.5 Å². The fraction of sp³-hybridized carbons (Fsp3) is 0.211. The second kappa shape index (κ2) is 6.51. The minimum Gasteiger partial charge on any atom is -0.480 e. The van der Waals surface area contributed by atoms with E-state index in [4.69, 9.17) is 0 Å². The third kappa shape index (κ3) is 2.88. The maximum absolute atomic E-state index is 12.7. The standard InChI is InChI=1S/C19H18N4O3/c24-17(25)15(12-13-6-2-1-3-7-13)21-19(26)23-11-10-22-16-9-5-4-8-14(16)20-18(22)23/h1-9,15H,10-12H2,(H,21,26)(H,24,25)/t15-/m0/s1. The van der Waals surface area contributed by atoms with Crippen LogP contribution in [0.25, 0.3) is 11.0 Å². The number of urea groups is 1. The highest BCUT2D eigenvalue weighted by molar-refractivity contribution is 5.95. The summed E-state index contributed by atoms with van der Waals surface area (Å²) >= 11 is 0. The summed E-state index contributed by atoms with van der Waals surface area (Å²) in [6.07, 6.45) is 0.228. The monoisotopic (exact) mass is 350 g/mol. The SMILES string of the molecule is O=C(O)[C@H](Cc1ccccc1)NC(=O)N1CCn2c1nc1ccccc12. The number of hydrogen-bond donors (Lipinski definition) is 2. The molecule has 1 aliphatic rings. The molecule has 7 heteroatoms. The van der Waals surface area contributed by atoms with Gasteiger partial charge in [0.2, 0.25) is 5.95 Å². The highest BCUT2D eigenvalue weighted by Gasteiger charge is 2.31. The van der Waals surface area contributed by atoms with Crippen molar-refractivity contribution >= 4 is 29.0 Å². The Morgan fingerprint density at radius 2 is 1.81 bits per heavy atom. The molecule has 1 atom stereocenters. The summed E-state index contributed by atoms with van der Waals surface area (Å²) in [5, 5.41) is 12.1. The molecule has 2 N–H and O–H groups in total. The lowest BCUT2D eigenvalue weighted by molar-refractivity contribution is -0.139. The first-order valence-corrected chi connectivity index (χ1v) is 8.43. The van der Waals surface area contributed by atoms with Crippen LogP contribution in [-0.4, -0.2) is 39.2 Å². The Labute approximate surface area is 149 Å². The van der Waals surface area contributed by atoms with Gasteiger partial charge in [-0.3, -0.25) is 4.90 Å². The zero-order chi connectivity index (χ0) is 18.1. The first-order valence-electron chi connectivity index (χ1n) is 8.43. The quantitative estimate of drug-likeness (QED) is 0.756. The van der Waals surface area contributed by atoms with Gasteiger partial charge in [0.05, 0.1) is 11.0 Å². The summed E-state index contributed by atoms with van der Waals surface area (Å²) < 4.78 is 1.97. The molecule has 2 heterocycles. The Kier molecular flexibility index (Phi) is 4.04. The lowest BCUT2D eigenvalue weighted by Crippen LogP contribution is -2.48. The normalized spacial score (nSPS) is 14.2. The highest BCUT2D eigenvalue weighted by Crippen LogP contribution is 2.27. The van der Waals surface area contributed by atoms with Gasteiger partial charge >= 0.3 is 12.0 Å². The van der Waals surface area contributed by atoms with E-state index >= 15 is 0 Å². The van der Waals surface area contributed by atoms with Crippen LogP contribution in [0.4, 0.5) is 10.7 Å². The molecule has 3 aromatic rings. The van der Waals surface area contributed by atoms with E-state index in [-0.39, 0.29) is 6.42 Å². The van der Waals surface area contributed by atoms with Crippen LogP contribution in [0.3, 0.4) is 0 Å². The number of imidazole rings is 1. The average Bonchev–Trinajstić information content (AvgIpc) is 3.21. The van der Waals surface area contributed by atoms with Gasteiger partial charge in [0.1, 0.15) is 6.04 Å². The van der Waals surface area contributed by atoms with Crippen LogP contribution in [0.2, 0.25) is 0 Å². The molecule has 0 spiro atoms. The van der Waals surface area contributed by atoms with Crippen molar-refractivity contribution in [2.45, 2.75) is 19.0 Å². The van der Waals surface area contributed by atoms with E-state index in [1.807, 2.05) is 59.2 Å². The van der Waals surface area contributed by atoms with Gasteiger partial charge in [0.15, 0.2) is 0 Å². The number of carboxylic acids is 1. The zero-order valence-electron chi connectivity index (χ0n) is 14.0. The number of rotatable bonds is 4. The number of carbonyl (C=O) groups is 2. The second-order valence-electron chi connectivity index (χ2n) is 6.23. The van der Waals surface area contributed by atoms with Gasteiger partial charge in [-0.2, -0.15) is 0 Å². The van der Waals surface area contributed by atoms with E-state index in [9.17, 15) is 14.7 Å². The van der Waals surface area contributed by atoms with Crippen molar-refractivity contribution in [3.05, 3.63) is 60.2 Å². The smallest absolute Gasteiger partial charge is 0.326 e. The lowest BCUT2D eigenvalue weighted by atomic mass is 10.1. The maximum Gasteiger partial charge on any atom is 0.326 e. The van der Waals surface area contributed by atoms with E-state index in [0.29, 0.717) is 19.0 Å². The van der Waals surface area contributed by atoms with Crippen molar-refractivity contribution in [1.29, 1.82) is 0 Å². The summed E-state index contributed by atoms with van der Waals surface area (Å²) in [4.78, 5) is 30.3. The van der Waals surface area contributed by atoms with Crippen LogP contribution < -0.4 is 10.2 Å². The summed E-state index contributed by atoms with van der Waals surface area (Å²) in [7, 11) is 0. The minimum atomic E-state index is -1.06. The summed E-state index contributed by atoms with van der Waals surface area (Å²) in [6, 6.07) is 15.5. The molecule has 0 saturated carbocycles. The second-order valence-corrected chi connectivity index (χ2v) is 6.23. The van der Waals surface area contributed by atoms with E-state index in [0.717, 1.165) is 16.6 Å². The van der Waals surface area contributed by atoms with Crippen molar-refractivity contribution in [2.24, 2.45) is 0 Å². The Hall–Kier alpha value is -3.35. The van der Waals surface area contributed by atoms with Gasteiger partial charge < -0.3 is 15.0 Å². The first kappa shape index (κ1) is 16.1. The molecule has 4 rings (SSSR count). The number of fused-ring (bicyclic) bond motifs is 3. The molecule has 7 nitrogen and oxygen atoms in total. The molecular formula is C19H18N4O3. The molecule has 0 saturated heterocycles. The number of nitrogens with zero attached hydrogens (tertiary/aromatic N) is 3. The van der Waals surface area contributed by atoms with Gasteiger partial charge in [0.25, 0.3) is 0 Å². The van der Waals surface area contributed by atoms with Crippen molar-refractivity contribution < 1.29 is 14.7 Å². The zero-order valence-corrected chi connectivity index (χ0v) is 14.0. The maximum atomic E-state index is 12.7. The molecule has 0 bridgehead atoms. The first-order chi connectivity index (χ1) is 12.6. The number of anilines is 1. The predicted octanol–water partition coefficient (Wildman–Crippen LogP) is 2.26. The number of nitrogens with one attached hydrogen (secondary N) is 1. The molecule has 1 aliphatic heterocycles. The molecule has 26 heavy (non-hydrogen) atoms. The number of amides is 2. The van der Waals surface area contributed by atoms with Gasteiger partial charge in [-0.25, -0.2) is 14.6 Å². The molecule has 2 amide bonds. The van der Waals surface area contributed by atoms with Crippen molar-refractivity contribution in [3.63, 3.8) is 0 Å². The number of aromatic nitrogens is 2. The molecular weight excluding hydrogens is 332 g/mol. The molecule has 0 aliphatic carbocycles. The average molecular weight is 350 g/mol. The molecule has 1 aromatic heterocycles. The number of benzene rings is 2. The summed E-state index contributed by atoms with van der Waals surface area (Å²) in [5.41, 5.74) is 2.64. The summed E-state index contributed by atoms with van der Waals surface area (Å²) in [5.74, 6) is -0.512. The van der Waals surface area contributed by atoms with Gasteiger partial charge in [-0.1, -0.05) is 42.5 Å². The third-order valence-electron chi connectivity index (χ3n) is 4.55. The molecule has 0 radical (unpaired) electrons. The Bertz CT molecular complexity index is 967. The van der Waals surface area contributed by atoms with E-state index < -0.39 is 18.0 Å². The Morgan fingerprint density at radius 1 is 1.08 bits per heavy atom. The number of para-hydroxylation sites is 2. The number of aliphatic carboxylic acids is 1. The fourth-order valence-corrected chi connectivity index (χ4v) is 3.26.